The van der Waals surface area contributed by atoms with E-state index in [-0.39, 0.29) is 5.56 Å². The predicted octanol–water partition coefficient (Wildman–Crippen LogP) is 2.71. The molecule has 2 aliphatic rings. The molecule has 0 aliphatic carbocycles. The monoisotopic (exact) mass is 412 g/mol. The Hall–Kier alpha value is -3.87. The molecule has 1 aromatic heterocycles. The summed E-state index contributed by atoms with van der Waals surface area (Å²) in [5.41, 5.74) is 2.79. The lowest BCUT2D eigenvalue weighted by Crippen LogP contribution is -2.47. The maximum atomic E-state index is 12.8. The second-order valence-electron chi connectivity index (χ2n) is 7.55. The van der Waals surface area contributed by atoms with E-state index < -0.39 is 0 Å². The van der Waals surface area contributed by atoms with Gasteiger partial charge in [-0.05, 0) is 18.1 Å². The van der Waals surface area contributed by atoms with Gasteiger partial charge in [-0.15, -0.1) is 0 Å². The van der Waals surface area contributed by atoms with Crippen molar-refractivity contribution in [2.75, 3.05) is 18.0 Å². The van der Waals surface area contributed by atoms with Gasteiger partial charge in [-0.2, -0.15) is 0 Å². The van der Waals surface area contributed by atoms with Gasteiger partial charge in [-0.3, -0.25) is 14.3 Å². The van der Waals surface area contributed by atoms with Gasteiger partial charge in [0.15, 0.2) is 5.96 Å². The SMILES string of the molecule is O=c1cc(-c2ccccc2)nc2n1CCCN2C1=CCN=C(NCc2ccccc2)N1. The zero-order valence-electron chi connectivity index (χ0n) is 17.2. The largest absolute Gasteiger partial charge is 0.352 e. The van der Waals surface area contributed by atoms with Crippen LogP contribution < -0.4 is 21.1 Å². The number of nitrogens with zero attached hydrogens (tertiary/aromatic N) is 4. The molecule has 0 fully saturated rings. The summed E-state index contributed by atoms with van der Waals surface area (Å²) in [6.07, 6.45) is 2.91. The number of anilines is 1. The first-order chi connectivity index (χ1) is 15.3. The van der Waals surface area contributed by atoms with E-state index in [0.29, 0.717) is 31.3 Å². The maximum Gasteiger partial charge on any atom is 0.255 e. The molecule has 0 amide bonds. The van der Waals surface area contributed by atoms with Crippen LogP contribution in [0.3, 0.4) is 0 Å². The molecule has 0 atom stereocenters. The zero-order chi connectivity index (χ0) is 21.0. The van der Waals surface area contributed by atoms with Crippen LogP contribution in [0.1, 0.15) is 12.0 Å². The Balaban J connectivity index is 1.39. The number of nitrogens with one attached hydrogen (secondary N) is 2. The van der Waals surface area contributed by atoms with Crippen LogP contribution in [0.2, 0.25) is 0 Å². The summed E-state index contributed by atoms with van der Waals surface area (Å²) in [6, 6.07) is 21.7. The van der Waals surface area contributed by atoms with Crippen LogP contribution in [-0.4, -0.2) is 28.6 Å². The van der Waals surface area contributed by atoms with Crippen LogP contribution in [0.25, 0.3) is 11.3 Å². The van der Waals surface area contributed by atoms with E-state index in [2.05, 4.69) is 32.7 Å². The van der Waals surface area contributed by atoms with E-state index in [9.17, 15) is 4.79 Å². The number of guanidine groups is 1. The molecular weight excluding hydrogens is 388 g/mol. The smallest absolute Gasteiger partial charge is 0.255 e. The number of hydrogen-bond donors (Lipinski definition) is 2. The van der Waals surface area contributed by atoms with Gasteiger partial charge in [-0.25, -0.2) is 9.98 Å². The number of fused-ring (bicyclic) bond motifs is 1. The zero-order valence-corrected chi connectivity index (χ0v) is 17.2. The van der Waals surface area contributed by atoms with Crippen LogP contribution in [0, 0.1) is 0 Å². The molecule has 0 spiro atoms. The number of benzene rings is 2. The van der Waals surface area contributed by atoms with Gasteiger partial charge < -0.3 is 10.6 Å². The van der Waals surface area contributed by atoms with E-state index in [1.807, 2.05) is 54.6 Å². The normalized spacial score (nSPS) is 15.4. The molecule has 2 aliphatic heterocycles. The summed E-state index contributed by atoms with van der Waals surface area (Å²) in [7, 11) is 0. The van der Waals surface area contributed by atoms with Crippen LogP contribution in [0.4, 0.5) is 5.95 Å². The highest BCUT2D eigenvalue weighted by Gasteiger charge is 2.25. The van der Waals surface area contributed by atoms with E-state index in [4.69, 9.17) is 4.98 Å². The van der Waals surface area contributed by atoms with Crippen molar-refractivity contribution in [2.45, 2.75) is 19.5 Å². The average Bonchev–Trinajstić information content (AvgIpc) is 2.84. The molecule has 7 nitrogen and oxygen atoms in total. The summed E-state index contributed by atoms with van der Waals surface area (Å²) < 4.78 is 1.75. The third-order valence-corrected chi connectivity index (χ3v) is 5.44. The van der Waals surface area contributed by atoms with Crippen molar-refractivity contribution in [2.24, 2.45) is 4.99 Å². The highest BCUT2D eigenvalue weighted by Crippen LogP contribution is 2.24. The summed E-state index contributed by atoms with van der Waals surface area (Å²) in [6.45, 7) is 2.72. The van der Waals surface area contributed by atoms with E-state index in [1.165, 1.54) is 5.56 Å². The van der Waals surface area contributed by atoms with E-state index in [1.54, 1.807) is 10.6 Å². The second kappa shape index (κ2) is 8.47. The van der Waals surface area contributed by atoms with Crippen LogP contribution in [-0.2, 0) is 13.1 Å². The highest BCUT2D eigenvalue weighted by atomic mass is 16.1. The van der Waals surface area contributed by atoms with Crippen LogP contribution in [0.15, 0.2) is 88.4 Å². The summed E-state index contributed by atoms with van der Waals surface area (Å²) >= 11 is 0. The molecule has 0 radical (unpaired) electrons. The molecule has 0 saturated carbocycles. The molecular formula is C24H24N6O. The third-order valence-electron chi connectivity index (χ3n) is 5.44. The lowest BCUT2D eigenvalue weighted by Gasteiger charge is -2.34. The average molecular weight is 412 g/mol. The Morgan fingerprint density at radius 2 is 1.77 bits per heavy atom. The molecule has 0 bridgehead atoms. The van der Waals surface area contributed by atoms with Gasteiger partial charge in [0.1, 0.15) is 5.82 Å². The van der Waals surface area contributed by atoms with E-state index in [0.717, 1.165) is 30.3 Å². The Morgan fingerprint density at radius 3 is 2.58 bits per heavy atom. The van der Waals surface area contributed by atoms with Crippen molar-refractivity contribution in [1.29, 1.82) is 0 Å². The first kappa shape index (κ1) is 19.1. The van der Waals surface area contributed by atoms with Crippen molar-refractivity contribution in [3.8, 4) is 11.3 Å². The molecule has 2 aromatic carbocycles. The maximum absolute atomic E-state index is 12.8. The summed E-state index contributed by atoms with van der Waals surface area (Å²) in [4.78, 5) is 24.3. The van der Waals surface area contributed by atoms with Crippen molar-refractivity contribution in [3.05, 3.63) is 94.5 Å². The number of aromatic nitrogens is 2. The van der Waals surface area contributed by atoms with Gasteiger partial charge in [0.05, 0.1) is 12.2 Å². The van der Waals surface area contributed by atoms with Gasteiger partial charge >= 0.3 is 0 Å². The predicted molar refractivity (Wildman–Crippen MR) is 123 cm³/mol. The quantitative estimate of drug-likeness (QED) is 0.689. The highest BCUT2D eigenvalue weighted by molar-refractivity contribution is 5.83. The minimum Gasteiger partial charge on any atom is -0.352 e. The third kappa shape index (κ3) is 4.07. The molecule has 7 heteroatoms. The van der Waals surface area contributed by atoms with Gasteiger partial charge in [0, 0.05) is 31.3 Å². The molecule has 3 heterocycles. The summed E-state index contributed by atoms with van der Waals surface area (Å²) in [5.74, 6) is 2.29. The molecule has 0 unspecified atom stereocenters. The molecule has 5 rings (SSSR count). The molecule has 156 valence electrons. The van der Waals surface area contributed by atoms with Crippen molar-refractivity contribution in [1.82, 2.24) is 20.2 Å². The van der Waals surface area contributed by atoms with Crippen molar-refractivity contribution >= 4 is 11.9 Å². The number of rotatable bonds is 4. The fourth-order valence-corrected chi connectivity index (χ4v) is 3.88. The summed E-state index contributed by atoms with van der Waals surface area (Å²) in [5, 5.41) is 6.75. The standard InChI is InChI=1S/C24H24N6O/c31-22-16-20(19-10-5-2-6-11-19)27-24-29(14-7-15-30(22)24)21-12-13-25-23(28-21)26-17-18-8-3-1-4-9-18/h1-6,8-12,16H,7,13-15,17H2,(H2,25,26,28). The Labute approximate surface area is 180 Å². The molecule has 0 saturated heterocycles. The van der Waals surface area contributed by atoms with Crippen molar-refractivity contribution < 1.29 is 0 Å². The first-order valence-electron chi connectivity index (χ1n) is 10.5. The fraction of sp³-hybridized carbons (Fsp3) is 0.208. The lowest BCUT2D eigenvalue weighted by atomic mass is 10.1. The van der Waals surface area contributed by atoms with Gasteiger partial charge in [0.25, 0.3) is 5.56 Å². The van der Waals surface area contributed by atoms with Gasteiger partial charge in [-0.1, -0.05) is 60.7 Å². The van der Waals surface area contributed by atoms with Crippen LogP contribution >= 0.6 is 0 Å². The van der Waals surface area contributed by atoms with Gasteiger partial charge in [0.2, 0.25) is 5.95 Å². The molecule has 3 aromatic rings. The Bertz CT molecular complexity index is 1180. The molecule has 2 N–H and O–H groups in total. The lowest BCUT2D eigenvalue weighted by molar-refractivity contribution is 0.547. The van der Waals surface area contributed by atoms with Crippen LogP contribution in [0.5, 0.6) is 0 Å². The Morgan fingerprint density at radius 1 is 1.00 bits per heavy atom. The minimum atomic E-state index is -0.0268. The molecule has 31 heavy (non-hydrogen) atoms. The Kier molecular flexibility index (Phi) is 5.22. The van der Waals surface area contributed by atoms with Crippen molar-refractivity contribution in [3.63, 3.8) is 0 Å². The fourth-order valence-electron chi connectivity index (χ4n) is 3.88. The first-order valence-corrected chi connectivity index (χ1v) is 10.5. The van der Waals surface area contributed by atoms with E-state index >= 15 is 0 Å². The minimum absolute atomic E-state index is 0.0268. The number of hydrogen-bond acceptors (Lipinski definition) is 6. The second-order valence-corrected chi connectivity index (χ2v) is 7.55. The number of aliphatic imine (C=N–C) groups is 1. The topological polar surface area (TPSA) is 74.5 Å².